The van der Waals surface area contributed by atoms with E-state index in [1.54, 1.807) is 35.7 Å². The normalized spacial score (nSPS) is 10.9. The maximum Gasteiger partial charge on any atom is 0.234 e. The molecular weight excluding hydrogens is 426 g/mol. The molecule has 9 heteroatoms. The number of carbonyl (C=O) groups excluding carboxylic acids is 1. The predicted molar refractivity (Wildman–Crippen MR) is 120 cm³/mol. The zero-order valence-corrected chi connectivity index (χ0v) is 17.6. The average Bonchev–Trinajstić information content (AvgIpc) is 3.32. The van der Waals surface area contributed by atoms with Gasteiger partial charge in [0.05, 0.1) is 11.4 Å². The predicted octanol–water partition coefficient (Wildman–Crippen LogP) is 5.13. The second-order valence-corrected chi connectivity index (χ2v) is 8.24. The molecule has 0 spiro atoms. The first-order valence-electron chi connectivity index (χ1n) is 8.71. The summed E-state index contributed by atoms with van der Waals surface area (Å²) in [5.74, 6) is 0.742. The van der Waals surface area contributed by atoms with Crippen molar-refractivity contribution in [1.82, 2.24) is 19.7 Å². The lowest BCUT2D eigenvalue weighted by molar-refractivity contribution is -0.113. The highest BCUT2D eigenvalue weighted by Crippen LogP contribution is 2.34. The van der Waals surface area contributed by atoms with E-state index in [0.717, 1.165) is 16.8 Å². The number of amides is 1. The van der Waals surface area contributed by atoms with Gasteiger partial charge in [0.25, 0.3) is 0 Å². The number of hydrogen-bond donors (Lipinski definition) is 1. The number of halogens is 1. The molecule has 3 aromatic heterocycles. The van der Waals surface area contributed by atoms with Gasteiger partial charge < -0.3 is 5.32 Å². The van der Waals surface area contributed by atoms with Crippen LogP contribution in [-0.4, -0.2) is 31.4 Å². The van der Waals surface area contributed by atoms with Crippen LogP contribution in [0.25, 0.3) is 21.5 Å². The third-order valence-corrected chi connectivity index (χ3v) is 6.35. The van der Waals surface area contributed by atoms with Crippen molar-refractivity contribution in [2.45, 2.75) is 11.7 Å². The van der Waals surface area contributed by atoms with Crippen molar-refractivity contribution >= 4 is 56.4 Å². The molecule has 0 fully saturated rings. The third kappa shape index (κ3) is 4.19. The van der Waals surface area contributed by atoms with Gasteiger partial charge in [0.1, 0.15) is 0 Å². The van der Waals surface area contributed by atoms with Gasteiger partial charge >= 0.3 is 0 Å². The summed E-state index contributed by atoms with van der Waals surface area (Å²) in [5, 5.41) is 15.6. The standard InChI is InChI=1S/C20H16ClN5OS2/c1-2-10-26-19(14-11-28-16-8-4-3-6-13(14)16)24-25-20(26)29-12-17(27)23-15-7-5-9-22-18(15)21/h2-9,11H,1,10,12H2,(H,23,27). The van der Waals surface area contributed by atoms with Crippen molar-refractivity contribution in [2.75, 3.05) is 11.1 Å². The minimum Gasteiger partial charge on any atom is -0.323 e. The molecule has 0 aliphatic carbocycles. The van der Waals surface area contributed by atoms with Crippen LogP contribution in [0.5, 0.6) is 0 Å². The van der Waals surface area contributed by atoms with E-state index in [1.165, 1.54) is 16.5 Å². The van der Waals surface area contributed by atoms with Crippen LogP contribution in [0, 0.1) is 0 Å². The first-order valence-corrected chi connectivity index (χ1v) is 11.0. The molecule has 1 aromatic carbocycles. The van der Waals surface area contributed by atoms with Crippen molar-refractivity contribution in [3.8, 4) is 11.4 Å². The van der Waals surface area contributed by atoms with Gasteiger partial charge in [-0.3, -0.25) is 9.36 Å². The molecule has 0 radical (unpaired) electrons. The Kier molecular flexibility index (Phi) is 5.94. The van der Waals surface area contributed by atoms with Gasteiger partial charge in [-0.1, -0.05) is 47.6 Å². The minimum atomic E-state index is -0.194. The number of carbonyl (C=O) groups is 1. The van der Waals surface area contributed by atoms with E-state index in [2.05, 4.69) is 44.6 Å². The fourth-order valence-corrected chi connectivity index (χ4v) is 4.69. The summed E-state index contributed by atoms with van der Waals surface area (Å²) in [6.07, 6.45) is 3.36. The molecule has 1 amide bonds. The molecule has 0 saturated heterocycles. The Bertz CT molecular complexity index is 1190. The van der Waals surface area contributed by atoms with Crippen molar-refractivity contribution in [3.05, 3.63) is 65.8 Å². The van der Waals surface area contributed by atoms with E-state index in [4.69, 9.17) is 11.6 Å². The Morgan fingerprint density at radius 1 is 1.28 bits per heavy atom. The van der Waals surface area contributed by atoms with Gasteiger partial charge in [0.2, 0.25) is 5.91 Å². The number of nitrogens with zero attached hydrogens (tertiary/aromatic N) is 4. The maximum absolute atomic E-state index is 12.3. The van der Waals surface area contributed by atoms with Gasteiger partial charge in [0.15, 0.2) is 16.1 Å². The molecule has 29 heavy (non-hydrogen) atoms. The Balaban J connectivity index is 1.55. The lowest BCUT2D eigenvalue weighted by Crippen LogP contribution is -2.15. The van der Waals surface area contributed by atoms with Crippen LogP contribution in [-0.2, 0) is 11.3 Å². The summed E-state index contributed by atoms with van der Waals surface area (Å²) >= 11 is 8.97. The smallest absolute Gasteiger partial charge is 0.234 e. The topological polar surface area (TPSA) is 72.7 Å². The quantitative estimate of drug-likeness (QED) is 0.244. The Labute approximate surface area is 180 Å². The molecule has 4 rings (SSSR count). The minimum absolute atomic E-state index is 0.172. The zero-order valence-electron chi connectivity index (χ0n) is 15.2. The molecule has 1 N–H and O–H groups in total. The second-order valence-electron chi connectivity index (χ2n) is 6.03. The van der Waals surface area contributed by atoms with Gasteiger partial charge in [0, 0.05) is 33.8 Å². The van der Waals surface area contributed by atoms with E-state index < -0.39 is 0 Å². The number of anilines is 1. The number of rotatable bonds is 7. The molecule has 3 heterocycles. The molecule has 0 bridgehead atoms. The number of thiophene rings is 1. The van der Waals surface area contributed by atoms with E-state index in [-0.39, 0.29) is 16.8 Å². The summed E-state index contributed by atoms with van der Waals surface area (Å²) in [6.45, 7) is 4.38. The Morgan fingerprint density at radius 2 is 2.14 bits per heavy atom. The number of benzene rings is 1. The SMILES string of the molecule is C=CCn1c(SCC(=O)Nc2cccnc2Cl)nnc1-c1csc2ccccc12. The van der Waals surface area contributed by atoms with E-state index in [0.29, 0.717) is 17.4 Å². The lowest BCUT2D eigenvalue weighted by Gasteiger charge is -2.08. The molecule has 146 valence electrons. The van der Waals surface area contributed by atoms with Crippen LogP contribution < -0.4 is 5.32 Å². The van der Waals surface area contributed by atoms with E-state index in [9.17, 15) is 4.79 Å². The van der Waals surface area contributed by atoms with Gasteiger partial charge in [-0.05, 0) is 18.2 Å². The highest BCUT2D eigenvalue weighted by molar-refractivity contribution is 7.99. The largest absolute Gasteiger partial charge is 0.323 e. The van der Waals surface area contributed by atoms with Crippen molar-refractivity contribution in [2.24, 2.45) is 0 Å². The van der Waals surface area contributed by atoms with Gasteiger partial charge in [-0.15, -0.1) is 28.1 Å². The molecule has 4 aromatic rings. The summed E-state index contributed by atoms with van der Waals surface area (Å²) in [4.78, 5) is 16.3. The fourth-order valence-electron chi connectivity index (χ4n) is 2.84. The van der Waals surface area contributed by atoms with Crippen LogP contribution in [0.1, 0.15) is 0 Å². The number of nitrogens with one attached hydrogen (secondary N) is 1. The molecule has 0 unspecified atom stereocenters. The number of allylic oxidation sites excluding steroid dienone is 1. The summed E-state index contributed by atoms with van der Waals surface area (Å²) in [6, 6.07) is 11.6. The number of pyridine rings is 1. The first-order chi connectivity index (χ1) is 14.2. The Morgan fingerprint density at radius 3 is 2.97 bits per heavy atom. The summed E-state index contributed by atoms with van der Waals surface area (Å²) in [5.41, 5.74) is 1.51. The number of hydrogen-bond acceptors (Lipinski definition) is 6. The van der Waals surface area contributed by atoms with Crippen LogP contribution in [0.15, 0.2) is 65.8 Å². The van der Waals surface area contributed by atoms with Gasteiger partial charge in [-0.2, -0.15) is 0 Å². The number of thioether (sulfide) groups is 1. The third-order valence-electron chi connectivity index (χ3n) is 4.12. The monoisotopic (exact) mass is 441 g/mol. The maximum atomic E-state index is 12.3. The highest BCUT2D eigenvalue weighted by Gasteiger charge is 2.18. The molecule has 0 atom stereocenters. The van der Waals surface area contributed by atoms with Crippen LogP contribution in [0.4, 0.5) is 5.69 Å². The summed E-state index contributed by atoms with van der Waals surface area (Å²) in [7, 11) is 0. The summed E-state index contributed by atoms with van der Waals surface area (Å²) < 4.78 is 3.16. The number of fused-ring (bicyclic) bond motifs is 1. The van der Waals surface area contributed by atoms with Gasteiger partial charge in [-0.25, -0.2) is 4.98 Å². The molecule has 0 aliphatic rings. The van der Waals surface area contributed by atoms with Crippen LogP contribution >= 0.6 is 34.7 Å². The number of aromatic nitrogens is 4. The van der Waals surface area contributed by atoms with E-state index in [1.807, 2.05) is 16.7 Å². The second kappa shape index (κ2) is 8.77. The molecule has 0 aliphatic heterocycles. The Hall–Kier alpha value is -2.68. The van der Waals surface area contributed by atoms with Crippen molar-refractivity contribution < 1.29 is 4.79 Å². The average molecular weight is 442 g/mol. The first kappa shape index (κ1) is 19.6. The van der Waals surface area contributed by atoms with Crippen molar-refractivity contribution in [1.29, 1.82) is 0 Å². The molecule has 0 saturated carbocycles. The molecular formula is C20H16ClN5OS2. The molecule has 6 nitrogen and oxygen atoms in total. The lowest BCUT2D eigenvalue weighted by atomic mass is 10.1. The zero-order chi connectivity index (χ0) is 20.2. The highest BCUT2D eigenvalue weighted by atomic mass is 35.5. The fraction of sp³-hybridized carbons (Fsp3) is 0.100. The van der Waals surface area contributed by atoms with Crippen LogP contribution in [0.2, 0.25) is 5.15 Å². The van der Waals surface area contributed by atoms with Crippen molar-refractivity contribution in [3.63, 3.8) is 0 Å². The van der Waals surface area contributed by atoms with Crippen LogP contribution in [0.3, 0.4) is 0 Å². The van der Waals surface area contributed by atoms with E-state index >= 15 is 0 Å².